The molecule has 2 aromatic rings. The Kier molecular flexibility index (Phi) is 7.67. The molecule has 0 bridgehead atoms. The molecule has 1 saturated carbocycles. The van der Waals surface area contributed by atoms with E-state index in [0.717, 1.165) is 6.33 Å². The van der Waals surface area contributed by atoms with Gasteiger partial charge >= 0.3 is 23.2 Å². The predicted octanol–water partition coefficient (Wildman–Crippen LogP) is 2.12. The zero-order chi connectivity index (χ0) is 25.5. The summed E-state index contributed by atoms with van der Waals surface area (Å²) in [4.78, 5) is 43.4. The Balaban J connectivity index is 1.79. The van der Waals surface area contributed by atoms with Crippen molar-refractivity contribution in [1.29, 1.82) is 0 Å². The van der Waals surface area contributed by atoms with E-state index < -0.39 is 59.4 Å². The van der Waals surface area contributed by atoms with Crippen LogP contribution in [-0.2, 0) is 26.8 Å². The number of anilines is 1. The first-order chi connectivity index (χ1) is 15.7. The van der Waals surface area contributed by atoms with Gasteiger partial charge in [-0.05, 0) is 6.42 Å². The highest BCUT2D eigenvalue weighted by molar-refractivity contribution is 7.69. The highest BCUT2D eigenvalue weighted by Gasteiger charge is 2.55. The van der Waals surface area contributed by atoms with Crippen LogP contribution in [0.4, 0.5) is 10.2 Å². The Morgan fingerprint density at radius 2 is 1.97 bits per heavy atom. The third-order valence-electron chi connectivity index (χ3n) is 5.05. The maximum absolute atomic E-state index is 15.1. The summed E-state index contributed by atoms with van der Waals surface area (Å²) in [5, 5.41) is 10.6. The van der Waals surface area contributed by atoms with Gasteiger partial charge in [0.1, 0.15) is 18.0 Å². The fourth-order valence-corrected chi connectivity index (χ4v) is 7.50. The number of rotatable bonds is 10. The summed E-state index contributed by atoms with van der Waals surface area (Å²) in [6.07, 6.45) is -1.67. The number of nitrogens with zero attached hydrogens (tertiary/aromatic N) is 5. The number of hydrogen-bond donors (Lipinski definition) is 4. The fourth-order valence-electron chi connectivity index (χ4n) is 3.46. The van der Waals surface area contributed by atoms with E-state index in [2.05, 4.69) is 28.1 Å². The molecule has 190 valence electrons. The number of aliphatic hydroxyl groups excluding tert-OH is 1. The number of aromatic nitrogens is 4. The van der Waals surface area contributed by atoms with E-state index in [1.807, 2.05) is 4.95 Å². The van der Waals surface area contributed by atoms with Gasteiger partial charge in [-0.15, -0.1) is 16.5 Å². The number of nitrogens with two attached hydrogens (primary N) is 1. The van der Waals surface area contributed by atoms with Crippen LogP contribution in [0.5, 0.6) is 0 Å². The predicted molar refractivity (Wildman–Crippen MR) is 115 cm³/mol. The number of alkyl halides is 2. The van der Waals surface area contributed by atoms with Gasteiger partial charge in [-0.2, -0.15) is 4.31 Å². The van der Waals surface area contributed by atoms with Gasteiger partial charge < -0.3 is 25.2 Å². The van der Waals surface area contributed by atoms with Gasteiger partial charge in [-0.3, -0.25) is 9.09 Å². The molecule has 34 heavy (non-hydrogen) atoms. The van der Waals surface area contributed by atoms with Crippen molar-refractivity contribution in [3.8, 4) is 0 Å². The van der Waals surface area contributed by atoms with Gasteiger partial charge in [0.25, 0.3) is 0 Å². The van der Waals surface area contributed by atoms with Crippen LogP contribution in [0.25, 0.3) is 11.2 Å². The minimum atomic E-state index is -5.56. The van der Waals surface area contributed by atoms with E-state index in [1.54, 1.807) is 0 Å². The number of nitrogen functional groups attached to an aromatic ring is 1. The first-order valence-electron chi connectivity index (χ1n) is 9.12. The Labute approximate surface area is 195 Å². The van der Waals surface area contributed by atoms with E-state index >= 15 is 4.39 Å². The summed E-state index contributed by atoms with van der Waals surface area (Å²) in [5.41, 5.74) is 4.41. The lowest BCUT2D eigenvalue weighted by Gasteiger charge is -2.30. The molecule has 0 radical (unpaired) electrons. The molecule has 1 aliphatic carbocycles. The average molecular weight is 567 g/mol. The number of phosphoric acid groups is 2. The number of phosphoric ester groups is 1. The first-order valence-corrected chi connectivity index (χ1v) is 14.7. The van der Waals surface area contributed by atoms with Crippen molar-refractivity contribution >= 4 is 51.7 Å². The second-order valence-electron chi connectivity index (χ2n) is 7.50. The molecular formula is C13H19ClFN6O10P3. The topological polar surface area (TPSA) is 239 Å². The Hall–Kier alpha value is -1.38. The standard InChI is InChI=1S/C13H19ClFN6O10P3/c1-32(24,20-23)30-34(27,28)31-33(25,26)29-4-13(3-14)2-7(8(15)10(13)22)21-6-19-9-11(16)17-5-18-12(9)21/h5-8,10,22H,2-4H2,1H3,(H,25,26)(H,27,28)(H2,16,17,18)/t7?,8-,10-,13-,32?/m0/s1. The molecule has 0 aliphatic heterocycles. The van der Waals surface area contributed by atoms with Crippen molar-refractivity contribution in [2.24, 2.45) is 10.4 Å². The van der Waals surface area contributed by atoms with Crippen molar-refractivity contribution < 1.29 is 46.1 Å². The Bertz CT molecular complexity index is 1240. The first kappa shape index (κ1) is 27.2. The van der Waals surface area contributed by atoms with Crippen LogP contribution in [0.1, 0.15) is 12.5 Å². The highest BCUT2D eigenvalue weighted by Crippen LogP contribution is 2.68. The molecule has 0 aromatic carbocycles. The van der Waals surface area contributed by atoms with E-state index in [0.29, 0.717) is 6.66 Å². The smallest absolute Gasteiger partial charge is 0.389 e. The van der Waals surface area contributed by atoms with Crippen LogP contribution >= 0.6 is 34.8 Å². The maximum atomic E-state index is 15.1. The van der Waals surface area contributed by atoms with Crippen molar-refractivity contribution in [2.75, 3.05) is 24.9 Å². The molecule has 0 spiro atoms. The number of imidazole rings is 1. The van der Waals surface area contributed by atoms with Crippen LogP contribution in [-0.4, -0.2) is 65.8 Å². The quantitative estimate of drug-likeness (QED) is 0.183. The number of fused-ring (bicyclic) bond motifs is 1. The van der Waals surface area contributed by atoms with Gasteiger partial charge in [-0.1, -0.05) is 0 Å². The minimum Gasteiger partial charge on any atom is -0.389 e. The summed E-state index contributed by atoms with van der Waals surface area (Å²) in [5.74, 6) is -0.429. The highest BCUT2D eigenvalue weighted by atomic mass is 35.5. The SMILES string of the molecule is CP(=O)(N=O)OP(=O)(O)OP(=O)(O)OC[C@@]1(CCl)CC(n2cnc3c(N)ncnc32)[C@H](F)[C@@H]1O. The summed E-state index contributed by atoms with van der Waals surface area (Å²) in [6, 6.07) is -1.10. The molecule has 4 unspecified atom stereocenters. The van der Waals surface area contributed by atoms with Gasteiger partial charge in [0, 0.05) is 22.9 Å². The lowest BCUT2D eigenvalue weighted by Crippen LogP contribution is -2.40. The normalized spacial score (nSPS) is 30.5. The third-order valence-corrected chi connectivity index (χ3v) is 10.0. The third kappa shape index (κ3) is 5.54. The van der Waals surface area contributed by atoms with Crippen molar-refractivity contribution in [1.82, 2.24) is 19.5 Å². The molecule has 2 aromatic heterocycles. The van der Waals surface area contributed by atoms with Crippen LogP contribution in [0.3, 0.4) is 0 Å². The number of hydrogen-bond acceptors (Lipinski definition) is 12. The fraction of sp³-hybridized carbons (Fsp3) is 0.615. The van der Waals surface area contributed by atoms with Crippen molar-refractivity contribution in [3.05, 3.63) is 17.6 Å². The van der Waals surface area contributed by atoms with Gasteiger partial charge in [-0.25, -0.2) is 32.8 Å². The van der Waals surface area contributed by atoms with Gasteiger partial charge in [0.05, 0.1) is 25.1 Å². The molecule has 21 heteroatoms. The second kappa shape index (κ2) is 9.58. The lowest BCUT2D eigenvalue weighted by atomic mass is 9.87. The van der Waals surface area contributed by atoms with Crippen LogP contribution in [0.15, 0.2) is 17.6 Å². The van der Waals surface area contributed by atoms with Crippen LogP contribution < -0.4 is 5.73 Å². The summed E-state index contributed by atoms with van der Waals surface area (Å²) < 4.78 is 64.5. The van der Waals surface area contributed by atoms with Gasteiger partial charge in [0.2, 0.25) is 0 Å². The Morgan fingerprint density at radius 1 is 1.29 bits per heavy atom. The van der Waals surface area contributed by atoms with E-state index in [1.165, 1.54) is 10.9 Å². The van der Waals surface area contributed by atoms with E-state index in [9.17, 15) is 33.5 Å². The molecule has 3 rings (SSSR count). The molecule has 7 atom stereocenters. The van der Waals surface area contributed by atoms with Crippen molar-refractivity contribution in [2.45, 2.75) is 24.7 Å². The van der Waals surface area contributed by atoms with E-state index in [-0.39, 0.29) is 23.4 Å². The number of nitroso groups, excluding NO2 is 1. The van der Waals surface area contributed by atoms with Crippen molar-refractivity contribution in [3.63, 3.8) is 0 Å². The molecular weight excluding hydrogens is 548 g/mol. The molecule has 0 saturated heterocycles. The monoisotopic (exact) mass is 566 g/mol. The summed E-state index contributed by atoms with van der Waals surface area (Å²) in [6.45, 7) is -0.353. The minimum absolute atomic E-state index is 0.0417. The molecule has 1 aliphatic rings. The Morgan fingerprint density at radius 3 is 2.59 bits per heavy atom. The number of halogens is 2. The summed E-state index contributed by atoms with van der Waals surface area (Å²) in [7, 11) is -15.5. The van der Waals surface area contributed by atoms with Gasteiger partial charge in [0.15, 0.2) is 11.5 Å². The van der Waals surface area contributed by atoms with Crippen LogP contribution in [0, 0.1) is 10.3 Å². The zero-order valence-corrected chi connectivity index (χ0v) is 20.6. The second-order valence-corrected chi connectivity index (χ2v) is 13.0. The number of aliphatic hydroxyl groups is 1. The van der Waals surface area contributed by atoms with E-state index in [4.69, 9.17) is 17.3 Å². The lowest BCUT2D eigenvalue weighted by molar-refractivity contribution is -0.00975. The molecule has 16 nitrogen and oxygen atoms in total. The average Bonchev–Trinajstić information content (AvgIpc) is 3.26. The summed E-state index contributed by atoms with van der Waals surface area (Å²) >= 11 is 5.96. The largest absolute Gasteiger partial charge is 0.488 e. The molecule has 5 N–H and O–H groups in total. The zero-order valence-electron chi connectivity index (χ0n) is 17.1. The maximum Gasteiger partial charge on any atom is 0.488 e. The molecule has 2 heterocycles. The van der Waals surface area contributed by atoms with Crippen LogP contribution in [0.2, 0.25) is 0 Å². The molecule has 0 amide bonds. The molecule has 1 fully saturated rings.